The molecular formula is C20H16F3N3O3. The third kappa shape index (κ3) is 2.93. The highest BCUT2D eigenvalue weighted by atomic mass is 19.3. The Kier molecular flexibility index (Phi) is 4.33. The molecule has 0 spiro atoms. The predicted molar refractivity (Wildman–Crippen MR) is 99.5 cm³/mol. The summed E-state index contributed by atoms with van der Waals surface area (Å²) in [4.78, 5) is 30.1. The fraction of sp³-hybridized carbons (Fsp3) is 0.250. The minimum atomic E-state index is -4.17. The van der Waals surface area contributed by atoms with Crippen LogP contribution in [0.4, 0.5) is 18.9 Å². The normalized spacial score (nSPS) is 15.3. The summed E-state index contributed by atoms with van der Waals surface area (Å²) in [5.41, 5.74) is -0.0418. The number of halogens is 3. The van der Waals surface area contributed by atoms with Crippen LogP contribution in [0.3, 0.4) is 0 Å². The van der Waals surface area contributed by atoms with Crippen molar-refractivity contribution in [3.63, 3.8) is 0 Å². The molecule has 0 bridgehead atoms. The van der Waals surface area contributed by atoms with Gasteiger partial charge in [0.15, 0.2) is 5.75 Å². The van der Waals surface area contributed by atoms with E-state index in [2.05, 4.69) is 9.72 Å². The number of fused-ring (bicyclic) bond motifs is 2. The molecule has 2 heterocycles. The minimum absolute atomic E-state index is 0.00147. The van der Waals surface area contributed by atoms with Crippen LogP contribution in [0.15, 0.2) is 41.2 Å². The van der Waals surface area contributed by atoms with Gasteiger partial charge < -0.3 is 4.74 Å². The van der Waals surface area contributed by atoms with Crippen molar-refractivity contribution in [3.8, 4) is 5.75 Å². The molecule has 150 valence electrons. The summed E-state index contributed by atoms with van der Waals surface area (Å²) >= 11 is 0. The van der Waals surface area contributed by atoms with Gasteiger partial charge in [0.25, 0.3) is 5.56 Å². The first-order valence-electron chi connectivity index (χ1n) is 8.89. The van der Waals surface area contributed by atoms with E-state index in [4.69, 9.17) is 0 Å². The zero-order valence-corrected chi connectivity index (χ0v) is 15.6. The molecule has 3 aromatic rings. The number of carbonyl (C=O) groups excluding carboxylic acids is 1. The summed E-state index contributed by atoms with van der Waals surface area (Å²) in [7, 11) is 1.45. The van der Waals surface area contributed by atoms with Crippen LogP contribution < -0.4 is 15.2 Å². The molecule has 1 aromatic heterocycles. The van der Waals surface area contributed by atoms with E-state index in [-0.39, 0.29) is 34.8 Å². The highest BCUT2D eigenvalue weighted by Gasteiger charge is 2.51. The SMILES string of the molecule is CCc1c(F)ccc2c1OC(F)(F)C(=O)N2Cc1nc2ccccc2c(=O)n1C. The van der Waals surface area contributed by atoms with Crippen molar-refractivity contribution in [3.05, 3.63) is 64.0 Å². The van der Waals surface area contributed by atoms with Crippen LogP contribution in [0.25, 0.3) is 10.9 Å². The maximum absolute atomic E-state index is 14.3. The van der Waals surface area contributed by atoms with Gasteiger partial charge in [0.1, 0.15) is 11.6 Å². The Morgan fingerprint density at radius 1 is 1.14 bits per heavy atom. The zero-order chi connectivity index (χ0) is 20.9. The third-order valence-corrected chi connectivity index (χ3v) is 4.93. The first-order valence-corrected chi connectivity index (χ1v) is 8.89. The average molecular weight is 403 g/mol. The monoisotopic (exact) mass is 403 g/mol. The fourth-order valence-corrected chi connectivity index (χ4v) is 3.39. The van der Waals surface area contributed by atoms with Gasteiger partial charge in [-0.3, -0.25) is 19.1 Å². The number of ether oxygens (including phenoxy) is 1. The molecule has 0 atom stereocenters. The Bertz CT molecular complexity index is 1210. The molecule has 6 nitrogen and oxygen atoms in total. The van der Waals surface area contributed by atoms with Crippen LogP contribution in [0, 0.1) is 5.82 Å². The van der Waals surface area contributed by atoms with E-state index in [9.17, 15) is 22.8 Å². The van der Waals surface area contributed by atoms with Gasteiger partial charge in [-0.1, -0.05) is 19.1 Å². The highest BCUT2D eigenvalue weighted by Crippen LogP contribution is 2.43. The second kappa shape index (κ2) is 6.61. The number of hydrogen-bond acceptors (Lipinski definition) is 4. The second-order valence-corrected chi connectivity index (χ2v) is 6.65. The molecule has 4 rings (SSSR count). The molecule has 0 N–H and O–H groups in total. The predicted octanol–water partition coefficient (Wildman–Crippen LogP) is 3.15. The molecule has 9 heteroatoms. The summed E-state index contributed by atoms with van der Waals surface area (Å²) in [5.74, 6) is -2.59. The lowest BCUT2D eigenvalue weighted by molar-refractivity contribution is -0.193. The topological polar surface area (TPSA) is 64.4 Å². The van der Waals surface area contributed by atoms with Crippen LogP contribution in [-0.2, 0) is 24.8 Å². The standard InChI is InChI=1S/C20H16F3N3O3/c1-3-11-13(21)8-9-15-17(11)29-20(22,23)19(28)26(15)10-16-24-14-7-5-4-6-12(14)18(27)25(16)2/h4-9H,3,10H2,1-2H3. The number of benzene rings is 2. The quantitative estimate of drug-likeness (QED) is 0.674. The molecule has 0 radical (unpaired) electrons. The number of alkyl halides is 2. The van der Waals surface area contributed by atoms with Crippen LogP contribution in [0.2, 0.25) is 0 Å². The number of anilines is 1. The second-order valence-electron chi connectivity index (χ2n) is 6.65. The highest BCUT2D eigenvalue weighted by molar-refractivity contribution is 6.01. The van der Waals surface area contributed by atoms with Gasteiger partial charge in [-0.25, -0.2) is 9.37 Å². The van der Waals surface area contributed by atoms with Crippen molar-refractivity contribution >= 4 is 22.5 Å². The van der Waals surface area contributed by atoms with Crippen molar-refractivity contribution in [2.24, 2.45) is 7.05 Å². The van der Waals surface area contributed by atoms with Gasteiger partial charge in [-0.15, -0.1) is 0 Å². The Hall–Kier alpha value is -3.36. The number of hydrogen-bond donors (Lipinski definition) is 0. The van der Waals surface area contributed by atoms with Crippen LogP contribution in [-0.4, -0.2) is 21.6 Å². The fourth-order valence-electron chi connectivity index (χ4n) is 3.39. The molecule has 0 aliphatic carbocycles. The number of para-hydroxylation sites is 1. The molecule has 1 aliphatic rings. The Balaban J connectivity index is 1.88. The maximum Gasteiger partial charge on any atom is 0.483 e. The van der Waals surface area contributed by atoms with Gasteiger partial charge in [0.2, 0.25) is 0 Å². The summed E-state index contributed by atoms with van der Waals surface area (Å²) in [6.07, 6.45) is -4.07. The Labute approximate surface area is 163 Å². The minimum Gasteiger partial charge on any atom is -0.423 e. The average Bonchev–Trinajstić information content (AvgIpc) is 2.69. The van der Waals surface area contributed by atoms with Gasteiger partial charge in [-0.2, -0.15) is 8.78 Å². The number of rotatable bonds is 3. The van der Waals surface area contributed by atoms with E-state index >= 15 is 0 Å². The summed E-state index contributed by atoms with van der Waals surface area (Å²) in [6.45, 7) is 1.19. The third-order valence-electron chi connectivity index (χ3n) is 4.93. The molecular weight excluding hydrogens is 387 g/mol. The molecule has 29 heavy (non-hydrogen) atoms. The maximum atomic E-state index is 14.3. The lowest BCUT2D eigenvalue weighted by Gasteiger charge is -2.34. The van der Waals surface area contributed by atoms with E-state index in [1.807, 2.05) is 0 Å². The van der Waals surface area contributed by atoms with Gasteiger partial charge in [-0.05, 0) is 30.7 Å². The molecule has 0 saturated heterocycles. The number of amides is 1. The summed E-state index contributed by atoms with van der Waals surface area (Å²) < 4.78 is 48.4. The van der Waals surface area contributed by atoms with Crippen molar-refractivity contribution in [1.82, 2.24) is 9.55 Å². The van der Waals surface area contributed by atoms with E-state index in [1.165, 1.54) is 17.7 Å². The van der Waals surface area contributed by atoms with Crippen molar-refractivity contribution in [2.45, 2.75) is 26.0 Å². The molecule has 1 amide bonds. The molecule has 1 aliphatic heterocycles. The van der Waals surface area contributed by atoms with Crippen LogP contribution in [0.1, 0.15) is 18.3 Å². The lowest BCUT2D eigenvalue weighted by atomic mass is 10.1. The molecule has 0 fully saturated rings. The van der Waals surface area contributed by atoms with Crippen molar-refractivity contribution in [2.75, 3.05) is 4.90 Å². The molecule has 2 aromatic carbocycles. The van der Waals surface area contributed by atoms with E-state index < -0.39 is 24.4 Å². The molecule has 0 unspecified atom stereocenters. The van der Waals surface area contributed by atoms with E-state index in [0.717, 1.165) is 11.0 Å². The van der Waals surface area contributed by atoms with Crippen molar-refractivity contribution < 1.29 is 22.7 Å². The largest absolute Gasteiger partial charge is 0.483 e. The van der Waals surface area contributed by atoms with Gasteiger partial charge >= 0.3 is 12.0 Å². The van der Waals surface area contributed by atoms with Gasteiger partial charge in [0, 0.05) is 12.6 Å². The first-order chi connectivity index (χ1) is 13.7. The molecule has 0 saturated carbocycles. The smallest absolute Gasteiger partial charge is 0.423 e. The van der Waals surface area contributed by atoms with Crippen molar-refractivity contribution in [1.29, 1.82) is 0 Å². The Morgan fingerprint density at radius 3 is 2.59 bits per heavy atom. The lowest BCUT2D eigenvalue weighted by Crippen LogP contribution is -2.51. The number of carbonyl (C=O) groups is 1. The number of nitrogens with zero attached hydrogens (tertiary/aromatic N) is 3. The van der Waals surface area contributed by atoms with E-state index in [0.29, 0.717) is 10.9 Å². The summed E-state index contributed by atoms with van der Waals surface area (Å²) in [6, 6.07) is 8.91. The summed E-state index contributed by atoms with van der Waals surface area (Å²) in [5, 5.41) is 0.369. The van der Waals surface area contributed by atoms with E-state index in [1.54, 1.807) is 31.2 Å². The van der Waals surface area contributed by atoms with Crippen LogP contribution in [0.5, 0.6) is 5.75 Å². The van der Waals surface area contributed by atoms with Crippen LogP contribution >= 0.6 is 0 Å². The van der Waals surface area contributed by atoms with Gasteiger partial charge in [0.05, 0.1) is 23.1 Å². The first kappa shape index (κ1) is 19.0. The number of aromatic nitrogens is 2. The Morgan fingerprint density at radius 2 is 1.86 bits per heavy atom. The zero-order valence-electron chi connectivity index (χ0n) is 15.6.